The van der Waals surface area contributed by atoms with Crippen molar-refractivity contribution < 1.29 is 4.79 Å². The minimum atomic E-state index is 0.545. The monoisotopic (exact) mass is 212 g/mol. The molecule has 0 saturated heterocycles. The van der Waals surface area contributed by atoms with Gasteiger partial charge in [-0.05, 0) is 18.6 Å². The molecule has 0 spiro atoms. The van der Waals surface area contributed by atoms with E-state index in [4.69, 9.17) is 5.26 Å². The Morgan fingerprint density at radius 1 is 1.38 bits per heavy atom. The van der Waals surface area contributed by atoms with Crippen molar-refractivity contribution in [3.05, 3.63) is 36.0 Å². The average molecular weight is 212 g/mol. The number of carbonyl (C=O) groups is 1. The standard InChI is InChI=1S/C13H12N2O/c14-7-1-2-8-15-9-6-11-4-3-5-12(10-16)13(11)15/h3-6,9-10H,1-2,8H2. The molecule has 0 amide bonds. The number of hydrogen-bond donors (Lipinski definition) is 0. The Hall–Kier alpha value is -2.08. The summed E-state index contributed by atoms with van der Waals surface area (Å²) in [6.45, 7) is 0.780. The van der Waals surface area contributed by atoms with Gasteiger partial charge >= 0.3 is 0 Å². The summed E-state index contributed by atoms with van der Waals surface area (Å²) in [6.07, 6.45) is 4.20. The Kier molecular flexibility index (Phi) is 3.02. The molecule has 0 bridgehead atoms. The summed E-state index contributed by atoms with van der Waals surface area (Å²) in [5.74, 6) is 0. The first kappa shape index (κ1) is 10.4. The van der Waals surface area contributed by atoms with Gasteiger partial charge in [0.25, 0.3) is 0 Å². The van der Waals surface area contributed by atoms with E-state index in [9.17, 15) is 4.79 Å². The Morgan fingerprint density at radius 2 is 2.25 bits per heavy atom. The second-order valence-corrected chi connectivity index (χ2v) is 3.67. The van der Waals surface area contributed by atoms with Crippen molar-refractivity contribution in [2.75, 3.05) is 0 Å². The molecule has 0 radical (unpaired) electrons. The quantitative estimate of drug-likeness (QED) is 0.577. The minimum absolute atomic E-state index is 0.545. The van der Waals surface area contributed by atoms with Crippen LogP contribution in [0, 0.1) is 11.3 Å². The first-order valence-corrected chi connectivity index (χ1v) is 5.27. The number of nitrogens with zero attached hydrogens (tertiary/aromatic N) is 2. The first-order valence-electron chi connectivity index (χ1n) is 5.27. The van der Waals surface area contributed by atoms with Gasteiger partial charge in [0.2, 0.25) is 0 Å². The summed E-state index contributed by atoms with van der Waals surface area (Å²) in [5, 5.41) is 9.56. The largest absolute Gasteiger partial charge is 0.347 e. The highest BCUT2D eigenvalue weighted by atomic mass is 16.1. The van der Waals surface area contributed by atoms with Crippen LogP contribution in [-0.4, -0.2) is 10.9 Å². The van der Waals surface area contributed by atoms with Crippen LogP contribution >= 0.6 is 0 Å². The van der Waals surface area contributed by atoms with E-state index in [1.165, 1.54) is 0 Å². The van der Waals surface area contributed by atoms with Crippen LogP contribution in [0.3, 0.4) is 0 Å². The molecule has 0 N–H and O–H groups in total. The first-order chi connectivity index (χ1) is 7.86. The number of carbonyl (C=O) groups excluding carboxylic acids is 1. The number of hydrogen-bond acceptors (Lipinski definition) is 2. The number of aldehydes is 1. The molecule has 0 atom stereocenters. The Balaban J connectivity index is 2.38. The second kappa shape index (κ2) is 4.63. The molecular formula is C13H12N2O. The molecular weight excluding hydrogens is 200 g/mol. The third-order valence-electron chi connectivity index (χ3n) is 2.63. The zero-order chi connectivity index (χ0) is 11.4. The van der Waals surface area contributed by atoms with Crippen molar-refractivity contribution >= 4 is 17.2 Å². The lowest BCUT2D eigenvalue weighted by atomic mass is 10.1. The fourth-order valence-electron chi connectivity index (χ4n) is 1.90. The molecule has 3 heteroatoms. The number of aryl methyl sites for hydroxylation is 1. The third kappa shape index (κ3) is 1.82. The van der Waals surface area contributed by atoms with Crippen molar-refractivity contribution in [3.63, 3.8) is 0 Å². The molecule has 1 aromatic carbocycles. The van der Waals surface area contributed by atoms with Crippen LogP contribution in [0.25, 0.3) is 10.9 Å². The lowest BCUT2D eigenvalue weighted by molar-refractivity contribution is 0.112. The molecule has 0 aliphatic carbocycles. The molecule has 3 nitrogen and oxygen atoms in total. The number of nitriles is 1. The maximum atomic E-state index is 10.9. The zero-order valence-corrected chi connectivity index (χ0v) is 8.89. The van der Waals surface area contributed by atoms with Crippen molar-refractivity contribution in [2.24, 2.45) is 0 Å². The van der Waals surface area contributed by atoms with Crippen molar-refractivity contribution in [2.45, 2.75) is 19.4 Å². The Bertz CT molecular complexity index is 549. The normalized spacial score (nSPS) is 10.2. The number of unbranched alkanes of at least 4 members (excludes halogenated alkanes) is 1. The Labute approximate surface area is 93.9 Å². The summed E-state index contributed by atoms with van der Waals surface area (Å²) in [6, 6.07) is 9.80. The summed E-state index contributed by atoms with van der Waals surface area (Å²) in [4.78, 5) is 10.9. The van der Waals surface area contributed by atoms with Crippen LogP contribution in [0.5, 0.6) is 0 Å². The molecule has 16 heavy (non-hydrogen) atoms. The van der Waals surface area contributed by atoms with Gasteiger partial charge < -0.3 is 4.57 Å². The molecule has 0 aliphatic rings. The van der Waals surface area contributed by atoms with Crippen molar-refractivity contribution in [1.82, 2.24) is 4.57 Å². The van der Waals surface area contributed by atoms with Crippen molar-refractivity contribution in [3.8, 4) is 6.07 Å². The van der Waals surface area contributed by atoms with E-state index in [0.717, 1.165) is 30.2 Å². The van der Waals surface area contributed by atoms with E-state index in [-0.39, 0.29) is 0 Å². The van der Waals surface area contributed by atoms with E-state index in [2.05, 4.69) is 6.07 Å². The lowest BCUT2D eigenvalue weighted by Crippen LogP contribution is -1.98. The highest BCUT2D eigenvalue weighted by Gasteiger charge is 2.05. The second-order valence-electron chi connectivity index (χ2n) is 3.67. The van der Waals surface area contributed by atoms with Gasteiger partial charge in [0.1, 0.15) is 0 Å². The molecule has 0 fully saturated rings. The predicted octanol–water partition coefficient (Wildman–Crippen LogP) is 2.76. The van der Waals surface area contributed by atoms with Gasteiger partial charge in [-0.15, -0.1) is 0 Å². The summed E-state index contributed by atoms with van der Waals surface area (Å²) in [7, 11) is 0. The number of aromatic nitrogens is 1. The van der Waals surface area contributed by atoms with Gasteiger partial charge in [0.15, 0.2) is 6.29 Å². The highest BCUT2D eigenvalue weighted by molar-refractivity contribution is 5.96. The zero-order valence-electron chi connectivity index (χ0n) is 8.89. The molecule has 2 rings (SSSR count). The number of fused-ring (bicyclic) bond motifs is 1. The van der Waals surface area contributed by atoms with Crippen LogP contribution in [-0.2, 0) is 6.54 Å². The SMILES string of the molecule is N#CCCCn1ccc2cccc(C=O)c21. The van der Waals surface area contributed by atoms with E-state index in [1.54, 1.807) is 0 Å². The fourth-order valence-corrected chi connectivity index (χ4v) is 1.90. The number of benzene rings is 1. The highest BCUT2D eigenvalue weighted by Crippen LogP contribution is 2.19. The minimum Gasteiger partial charge on any atom is -0.347 e. The maximum absolute atomic E-state index is 10.9. The smallest absolute Gasteiger partial charge is 0.152 e. The van der Waals surface area contributed by atoms with Gasteiger partial charge in [-0.2, -0.15) is 5.26 Å². The lowest BCUT2D eigenvalue weighted by Gasteiger charge is -2.05. The van der Waals surface area contributed by atoms with E-state index in [0.29, 0.717) is 12.0 Å². The molecule has 1 heterocycles. The van der Waals surface area contributed by atoms with Gasteiger partial charge in [-0.3, -0.25) is 4.79 Å². The van der Waals surface area contributed by atoms with Crippen LogP contribution < -0.4 is 0 Å². The van der Waals surface area contributed by atoms with Gasteiger partial charge in [0.05, 0.1) is 11.6 Å². The summed E-state index contributed by atoms with van der Waals surface area (Å²) < 4.78 is 2.04. The maximum Gasteiger partial charge on any atom is 0.152 e. The molecule has 80 valence electrons. The Morgan fingerprint density at radius 3 is 3.00 bits per heavy atom. The van der Waals surface area contributed by atoms with E-state index in [1.807, 2.05) is 35.0 Å². The molecule has 0 unspecified atom stereocenters. The van der Waals surface area contributed by atoms with Crippen LogP contribution in [0.15, 0.2) is 30.5 Å². The number of rotatable bonds is 4. The average Bonchev–Trinajstić information content (AvgIpc) is 2.73. The predicted molar refractivity (Wildman–Crippen MR) is 62.2 cm³/mol. The number of para-hydroxylation sites is 1. The molecule has 1 aromatic heterocycles. The van der Waals surface area contributed by atoms with Gasteiger partial charge in [-0.1, -0.05) is 12.1 Å². The topological polar surface area (TPSA) is 45.8 Å². The van der Waals surface area contributed by atoms with Crippen LogP contribution in [0.4, 0.5) is 0 Å². The fraction of sp³-hybridized carbons (Fsp3) is 0.231. The summed E-state index contributed by atoms with van der Waals surface area (Å²) >= 11 is 0. The van der Waals surface area contributed by atoms with Crippen LogP contribution in [0.1, 0.15) is 23.2 Å². The summed E-state index contributed by atoms with van der Waals surface area (Å²) in [5.41, 5.74) is 1.68. The van der Waals surface area contributed by atoms with Gasteiger partial charge in [0, 0.05) is 30.1 Å². The van der Waals surface area contributed by atoms with E-state index < -0.39 is 0 Å². The third-order valence-corrected chi connectivity index (χ3v) is 2.63. The van der Waals surface area contributed by atoms with Crippen LogP contribution in [0.2, 0.25) is 0 Å². The van der Waals surface area contributed by atoms with E-state index >= 15 is 0 Å². The van der Waals surface area contributed by atoms with Crippen molar-refractivity contribution in [1.29, 1.82) is 5.26 Å². The molecule has 0 aliphatic heterocycles. The van der Waals surface area contributed by atoms with Gasteiger partial charge in [-0.25, -0.2) is 0 Å². The molecule has 2 aromatic rings. The molecule has 0 saturated carbocycles.